The number of fused-ring (bicyclic) bond motifs is 1. The second kappa shape index (κ2) is 5.47. The van der Waals surface area contributed by atoms with Crippen molar-refractivity contribution in [3.8, 4) is 5.75 Å². The Hall–Kier alpha value is -1.06. The maximum Gasteiger partial charge on any atom is 0.167 e. The minimum Gasteiger partial charge on any atom is -0.508 e. The molecule has 0 spiro atoms. The van der Waals surface area contributed by atoms with E-state index in [9.17, 15) is 5.11 Å². The van der Waals surface area contributed by atoms with E-state index in [1.807, 2.05) is 6.07 Å². The first-order valence-corrected chi connectivity index (χ1v) is 9.43. The molecule has 1 aromatic rings. The van der Waals surface area contributed by atoms with E-state index >= 15 is 0 Å². The summed E-state index contributed by atoms with van der Waals surface area (Å²) in [6.07, 6.45) is 5.66. The topological polar surface area (TPSA) is 38.7 Å². The first-order valence-electron chi connectivity index (χ1n) is 9.43. The quantitative estimate of drug-likeness (QED) is 0.867. The smallest absolute Gasteiger partial charge is 0.167 e. The van der Waals surface area contributed by atoms with Crippen molar-refractivity contribution in [2.45, 2.75) is 70.5 Å². The number of hydrogen-bond acceptors (Lipinski definition) is 3. The second-order valence-corrected chi connectivity index (χ2v) is 8.74. The Kier molecular flexibility index (Phi) is 3.74. The van der Waals surface area contributed by atoms with Crippen LogP contribution in [0.2, 0.25) is 0 Å². The summed E-state index contributed by atoms with van der Waals surface area (Å²) in [4.78, 5) is 0. The largest absolute Gasteiger partial charge is 0.508 e. The van der Waals surface area contributed by atoms with Crippen LogP contribution in [0, 0.1) is 11.3 Å². The van der Waals surface area contributed by atoms with Crippen LogP contribution in [0.1, 0.15) is 69.1 Å². The maximum atomic E-state index is 10.7. The van der Waals surface area contributed by atoms with Gasteiger partial charge >= 0.3 is 0 Å². The Morgan fingerprint density at radius 3 is 2.79 bits per heavy atom. The molecule has 1 aromatic carbocycles. The Balaban J connectivity index is 1.92. The summed E-state index contributed by atoms with van der Waals surface area (Å²) in [7, 11) is 1.77. The van der Waals surface area contributed by atoms with Gasteiger partial charge in [-0.3, -0.25) is 0 Å². The van der Waals surface area contributed by atoms with Gasteiger partial charge < -0.3 is 14.6 Å². The zero-order chi connectivity index (χ0) is 17.1. The predicted molar refractivity (Wildman–Crippen MR) is 94.4 cm³/mol. The van der Waals surface area contributed by atoms with E-state index in [-0.39, 0.29) is 17.1 Å². The van der Waals surface area contributed by atoms with Gasteiger partial charge in [-0.05, 0) is 65.7 Å². The number of aromatic hydroxyl groups is 1. The van der Waals surface area contributed by atoms with Crippen molar-refractivity contribution < 1.29 is 14.6 Å². The van der Waals surface area contributed by atoms with E-state index in [2.05, 4.69) is 26.8 Å². The molecular weight excluding hydrogens is 300 g/mol. The molecule has 4 rings (SSSR count). The first kappa shape index (κ1) is 16.4. The molecule has 0 radical (unpaired) electrons. The van der Waals surface area contributed by atoms with Crippen LogP contribution in [0.4, 0.5) is 0 Å². The van der Waals surface area contributed by atoms with Crippen molar-refractivity contribution in [2.75, 3.05) is 13.7 Å². The normalized spacial score (nSPS) is 37.9. The third-order valence-electron chi connectivity index (χ3n) is 7.08. The van der Waals surface area contributed by atoms with Crippen molar-refractivity contribution in [2.24, 2.45) is 11.3 Å². The van der Waals surface area contributed by atoms with Gasteiger partial charge in [-0.15, -0.1) is 0 Å². The number of rotatable bonds is 2. The van der Waals surface area contributed by atoms with Crippen LogP contribution >= 0.6 is 0 Å². The highest BCUT2D eigenvalue weighted by atomic mass is 16.7. The Morgan fingerprint density at radius 1 is 1.29 bits per heavy atom. The maximum absolute atomic E-state index is 10.7. The molecule has 0 aromatic heterocycles. The molecule has 2 fully saturated rings. The fourth-order valence-corrected chi connectivity index (χ4v) is 6.01. The number of aryl methyl sites for hydroxylation is 1. The number of phenolic OH excluding ortho intramolecular Hbond substituents is 1. The summed E-state index contributed by atoms with van der Waals surface area (Å²) in [5, 5.41) is 10.7. The predicted octanol–water partition coefficient (Wildman–Crippen LogP) is 4.51. The Bertz CT molecular complexity index is 653. The summed E-state index contributed by atoms with van der Waals surface area (Å²) < 4.78 is 12.1. The monoisotopic (exact) mass is 330 g/mol. The van der Waals surface area contributed by atoms with Crippen LogP contribution in [-0.4, -0.2) is 25.1 Å². The average Bonchev–Trinajstić information content (AvgIpc) is 2.54. The summed E-state index contributed by atoms with van der Waals surface area (Å²) in [5.74, 6) is 1.35. The Labute approximate surface area is 145 Å². The van der Waals surface area contributed by atoms with Gasteiger partial charge in [-0.1, -0.05) is 33.3 Å². The molecule has 3 nitrogen and oxygen atoms in total. The average molecular weight is 330 g/mol. The first-order chi connectivity index (χ1) is 11.4. The van der Waals surface area contributed by atoms with Gasteiger partial charge in [0.15, 0.2) is 6.29 Å². The van der Waals surface area contributed by atoms with Crippen molar-refractivity contribution in [1.29, 1.82) is 0 Å². The molecule has 0 unspecified atom stereocenters. The Morgan fingerprint density at radius 2 is 2.08 bits per heavy atom. The van der Waals surface area contributed by atoms with Gasteiger partial charge in [0.1, 0.15) is 5.75 Å². The molecule has 24 heavy (non-hydrogen) atoms. The molecule has 2 aliphatic carbocycles. The molecule has 1 heterocycles. The molecule has 1 N–H and O–H groups in total. The van der Waals surface area contributed by atoms with Crippen LogP contribution in [-0.2, 0) is 21.3 Å². The fraction of sp³-hybridized carbons (Fsp3) is 0.714. The van der Waals surface area contributed by atoms with Gasteiger partial charge in [0, 0.05) is 7.11 Å². The number of hydrogen-bond donors (Lipinski definition) is 1. The molecule has 4 atom stereocenters. The zero-order valence-electron chi connectivity index (χ0n) is 15.4. The molecular formula is C21H30O3. The third-order valence-corrected chi connectivity index (χ3v) is 7.08. The van der Waals surface area contributed by atoms with Crippen molar-refractivity contribution in [1.82, 2.24) is 0 Å². The highest BCUT2D eigenvalue weighted by Crippen LogP contribution is 2.62. The van der Waals surface area contributed by atoms with Crippen LogP contribution in [0.25, 0.3) is 0 Å². The summed E-state index contributed by atoms with van der Waals surface area (Å²) >= 11 is 0. The molecule has 1 saturated carbocycles. The molecule has 3 heteroatoms. The second-order valence-electron chi connectivity index (χ2n) is 8.74. The van der Waals surface area contributed by atoms with Gasteiger partial charge in [0.05, 0.1) is 12.0 Å². The lowest BCUT2D eigenvalue weighted by molar-refractivity contribution is -0.267. The summed E-state index contributed by atoms with van der Waals surface area (Å²) in [5.41, 5.74) is 3.88. The highest BCUT2D eigenvalue weighted by molar-refractivity contribution is 5.50. The number of methoxy groups -OCH3 is 1. The van der Waals surface area contributed by atoms with Crippen molar-refractivity contribution in [3.05, 3.63) is 28.8 Å². The SMILES string of the molecule is CO[C@@H]1OC[C@@]2(C)CCC[C@@]13c1cc(O)c(C(C)C)cc1CC[C@@H]23. The van der Waals surface area contributed by atoms with Gasteiger partial charge in [0.25, 0.3) is 0 Å². The summed E-state index contributed by atoms with van der Waals surface area (Å²) in [6.45, 7) is 7.48. The fourth-order valence-electron chi connectivity index (χ4n) is 6.01. The standard InChI is InChI=1S/C21H30O3/c1-13(2)15-10-14-6-7-18-20(3)8-5-9-21(18,16(14)11-17(15)22)19(23-4)24-12-20/h10-11,13,18-19,22H,5-9,12H2,1-4H3/t18-,19+,20+,21-/m0/s1. The lowest BCUT2D eigenvalue weighted by atomic mass is 9.47. The minimum absolute atomic E-state index is 0.0967. The van der Waals surface area contributed by atoms with E-state index in [1.165, 1.54) is 30.4 Å². The van der Waals surface area contributed by atoms with Crippen LogP contribution in [0.15, 0.2) is 12.1 Å². The van der Waals surface area contributed by atoms with Crippen LogP contribution in [0.5, 0.6) is 5.75 Å². The molecule has 2 bridgehead atoms. The van der Waals surface area contributed by atoms with E-state index in [0.29, 0.717) is 17.6 Å². The lowest BCUT2D eigenvalue weighted by Crippen LogP contribution is -2.63. The third kappa shape index (κ3) is 2.04. The molecule has 1 aliphatic heterocycles. The molecule has 3 aliphatic rings. The molecule has 1 saturated heterocycles. The van der Waals surface area contributed by atoms with Gasteiger partial charge in [-0.25, -0.2) is 0 Å². The zero-order valence-corrected chi connectivity index (χ0v) is 15.4. The number of ether oxygens (including phenoxy) is 2. The highest BCUT2D eigenvalue weighted by Gasteiger charge is 2.62. The number of phenols is 1. The van der Waals surface area contributed by atoms with Crippen molar-refractivity contribution >= 4 is 0 Å². The molecule has 132 valence electrons. The minimum atomic E-state index is -0.195. The number of benzene rings is 1. The van der Waals surface area contributed by atoms with E-state index in [0.717, 1.165) is 25.0 Å². The van der Waals surface area contributed by atoms with E-state index < -0.39 is 0 Å². The van der Waals surface area contributed by atoms with E-state index in [1.54, 1.807) is 7.11 Å². The van der Waals surface area contributed by atoms with E-state index in [4.69, 9.17) is 9.47 Å². The van der Waals surface area contributed by atoms with Crippen LogP contribution in [0.3, 0.4) is 0 Å². The van der Waals surface area contributed by atoms with Gasteiger partial charge in [-0.2, -0.15) is 0 Å². The van der Waals surface area contributed by atoms with Crippen LogP contribution < -0.4 is 0 Å². The molecule has 0 amide bonds. The van der Waals surface area contributed by atoms with Crippen molar-refractivity contribution in [3.63, 3.8) is 0 Å². The summed E-state index contributed by atoms with van der Waals surface area (Å²) in [6, 6.07) is 4.29. The van der Waals surface area contributed by atoms with Gasteiger partial charge in [0.2, 0.25) is 0 Å². The lowest BCUT2D eigenvalue weighted by Gasteiger charge is -2.62.